The summed E-state index contributed by atoms with van der Waals surface area (Å²) in [5, 5.41) is 0.498. The lowest BCUT2D eigenvalue weighted by Crippen LogP contribution is -2.42. The average molecular weight is 325 g/mol. The third-order valence-electron chi connectivity index (χ3n) is 3.96. The normalized spacial score (nSPS) is 18.9. The second kappa shape index (κ2) is 6.24. The molecule has 0 spiro atoms. The van der Waals surface area contributed by atoms with E-state index < -0.39 is 11.6 Å². The van der Waals surface area contributed by atoms with Crippen molar-refractivity contribution < 1.29 is 13.6 Å². The second-order valence-corrected chi connectivity index (χ2v) is 6.51. The molecule has 0 radical (unpaired) electrons. The minimum absolute atomic E-state index is 0.0787. The van der Waals surface area contributed by atoms with Gasteiger partial charge in [-0.3, -0.25) is 4.79 Å². The molecule has 1 aliphatic rings. The van der Waals surface area contributed by atoms with E-state index in [9.17, 15) is 13.6 Å². The Morgan fingerprint density at radius 3 is 2.95 bits per heavy atom. The lowest BCUT2D eigenvalue weighted by molar-refractivity contribution is -0.131. The molecule has 1 amide bonds. The number of nitrogens with one attached hydrogen (secondary N) is 1. The number of aromatic nitrogens is 2. The van der Waals surface area contributed by atoms with Gasteiger partial charge >= 0.3 is 0 Å². The highest BCUT2D eigenvalue weighted by Crippen LogP contribution is 2.23. The van der Waals surface area contributed by atoms with Gasteiger partial charge in [-0.25, -0.2) is 13.8 Å². The summed E-state index contributed by atoms with van der Waals surface area (Å²) < 4.78 is 26.3. The van der Waals surface area contributed by atoms with E-state index in [0.29, 0.717) is 16.2 Å². The summed E-state index contributed by atoms with van der Waals surface area (Å²) in [6, 6.07) is 2.41. The van der Waals surface area contributed by atoms with Crippen molar-refractivity contribution in [3.05, 3.63) is 23.8 Å². The van der Waals surface area contributed by atoms with E-state index in [0.717, 1.165) is 31.5 Å². The summed E-state index contributed by atoms with van der Waals surface area (Å²) in [4.78, 5) is 21.2. The molecule has 118 valence electrons. The molecule has 2 aromatic rings. The Morgan fingerprint density at radius 1 is 1.41 bits per heavy atom. The summed E-state index contributed by atoms with van der Waals surface area (Å²) in [5.74, 6) is -1.48. The Bertz CT molecular complexity index is 664. The van der Waals surface area contributed by atoms with Gasteiger partial charge in [0.2, 0.25) is 5.91 Å². The first-order chi connectivity index (χ1) is 10.5. The molecule has 22 heavy (non-hydrogen) atoms. The standard InChI is InChI=1S/C15H17F2N3OS/c1-9-4-2-3-5-20(9)14(21)8-22-15-18-12-6-10(16)11(17)7-13(12)19-15/h6-7,9H,2-5,8H2,1H3,(H,18,19)/t9-/m0/s1. The number of hydrogen-bond acceptors (Lipinski definition) is 3. The van der Waals surface area contributed by atoms with Crippen LogP contribution in [0, 0.1) is 11.6 Å². The maximum Gasteiger partial charge on any atom is 0.233 e. The molecule has 1 atom stereocenters. The number of rotatable bonds is 3. The van der Waals surface area contributed by atoms with Crippen molar-refractivity contribution in [2.75, 3.05) is 12.3 Å². The van der Waals surface area contributed by atoms with Gasteiger partial charge in [-0.1, -0.05) is 11.8 Å². The van der Waals surface area contributed by atoms with Gasteiger partial charge in [0.15, 0.2) is 16.8 Å². The number of hydrogen-bond donors (Lipinski definition) is 1. The fourth-order valence-corrected chi connectivity index (χ4v) is 3.50. The number of fused-ring (bicyclic) bond motifs is 1. The van der Waals surface area contributed by atoms with Crippen molar-refractivity contribution in [3.8, 4) is 0 Å². The quantitative estimate of drug-likeness (QED) is 0.881. The van der Waals surface area contributed by atoms with Crippen LogP contribution in [0.1, 0.15) is 26.2 Å². The summed E-state index contributed by atoms with van der Waals surface area (Å²) in [6.07, 6.45) is 3.25. The Balaban J connectivity index is 1.67. The van der Waals surface area contributed by atoms with Crippen LogP contribution in [0.25, 0.3) is 11.0 Å². The first-order valence-corrected chi connectivity index (χ1v) is 8.30. The van der Waals surface area contributed by atoms with Crippen molar-refractivity contribution in [2.24, 2.45) is 0 Å². The summed E-state index contributed by atoms with van der Waals surface area (Å²) in [5.41, 5.74) is 0.792. The van der Waals surface area contributed by atoms with E-state index in [1.807, 2.05) is 4.90 Å². The first kappa shape index (κ1) is 15.3. The Hall–Kier alpha value is -1.63. The molecule has 1 N–H and O–H groups in total. The molecule has 4 nitrogen and oxygen atoms in total. The van der Waals surface area contributed by atoms with Crippen molar-refractivity contribution in [3.63, 3.8) is 0 Å². The highest BCUT2D eigenvalue weighted by atomic mass is 32.2. The smallest absolute Gasteiger partial charge is 0.233 e. The summed E-state index contributed by atoms with van der Waals surface area (Å²) in [7, 11) is 0. The molecule has 1 saturated heterocycles. The second-order valence-electron chi connectivity index (χ2n) is 5.55. The van der Waals surface area contributed by atoms with Crippen molar-refractivity contribution >= 4 is 28.7 Å². The fraction of sp³-hybridized carbons (Fsp3) is 0.467. The highest BCUT2D eigenvalue weighted by molar-refractivity contribution is 7.99. The Morgan fingerprint density at radius 2 is 2.18 bits per heavy atom. The minimum atomic E-state index is -0.922. The SMILES string of the molecule is C[C@H]1CCCCN1C(=O)CSc1nc2cc(F)c(F)cc2[nH]1. The lowest BCUT2D eigenvalue weighted by atomic mass is 10.0. The number of piperidine rings is 1. The summed E-state index contributed by atoms with van der Waals surface area (Å²) >= 11 is 1.26. The molecule has 0 unspecified atom stereocenters. The molecule has 2 heterocycles. The van der Waals surface area contributed by atoms with Crippen molar-refractivity contribution in [1.29, 1.82) is 0 Å². The molecule has 1 aliphatic heterocycles. The predicted octanol–water partition coefficient (Wildman–Crippen LogP) is 3.33. The topological polar surface area (TPSA) is 49.0 Å². The molecule has 1 aromatic heterocycles. The van der Waals surface area contributed by atoms with Crippen molar-refractivity contribution in [1.82, 2.24) is 14.9 Å². The highest BCUT2D eigenvalue weighted by Gasteiger charge is 2.23. The zero-order valence-corrected chi connectivity index (χ0v) is 13.1. The molecular formula is C15H17F2N3OS. The number of nitrogens with zero attached hydrogens (tertiary/aromatic N) is 2. The molecule has 0 saturated carbocycles. The van der Waals surface area contributed by atoms with Gasteiger partial charge in [-0.05, 0) is 26.2 Å². The van der Waals surface area contributed by atoms with Crippen LogP contribution in [-0.4, -0.2) is 39.1 Å². The maximum absolute atomic E-state index is 13.2. The number of benzene rings is 1. The molecule has 7 heteroatoms. The van der Waals surface area contributed by atoms with Gasteiger partial charge in [-0.2, -0.15) is 0 Å². The number of amides is 1. The Labute approximate surface area is 131 Å². The van der Waals surface area contributed by atoms with Crippen LogP contribution in [0.4, 0.5) is 8.78 Å². The van der Waals surface area contributed by atoms with Crippen LogP contribution in [0.2, 0.25) is 0 Å². The maximum atomic E-state index is 13.2. The first-order valence-electron chi connectivity index (χ1n) is 7.31. The number of likely N-dealkylation sites (tertiary alicyclic amines) is 1. The van der Waals surface area contributed by atoms with Crippen LogP contribution in [0.5, 0.6) is 0 Å². The van der Waals surface area contributed by atoms with Crippen LogP contribution in [-0.2, 0) is 4.79 Å². The zero-order chi connectivity index (χ0) is 15.7. The van der Waals surface area contributed by atoms with Gasteiger partial charge in [0.1, 0.15) is 0 Å². The van der Waals surface area contributed by atoms with Gasteiger partial charge in [-0.15, -0.1) is 0 Å². The van der Waals surface area contributed by atoms with Crippen LogP contribution >= 0.6 is 11.8 Å². The number of carbonyl (C=O) groups excluding carboxylic acids is 1. The van der Waals surface area contributed by atoms with Crippen LogP contribution in [0.3, 0.4) is 0 Å². The van der Waals surface area contributed by atoms with E-state index >= 15 is 0 Å². The Kier molecular flexibility index (Phi) is 4.33. The molecule has 1 aromatic carbocycles. The fourth-order valence-electron chi connectivity index (χ4n) is 2.73. The number of imidazole rings is 1. The average Bonchev–Trinajstić information content (AvgIpc) is 2.87. The molecule has 0 bridgehead atoms. The number of H-pyrrole nitrogens is 1. The lowest BCUT2D eigenvalue weighted by Gasteiger charge is -2.33. The molecule has 0 aliphatic carbocycles. The van der Waals surface area contributed by atoms with E-state index in [4.69, 9.17) is 0 Å². The predicted molar refractivity (Wildman–Crippen MR) is 81.8 cm³/mol. The van der Waals surface area contributed by atoms with E-state index in [-0.39, 0.29) is 17.7 Å². The number of aromatic amines is 1. The summed E-state index contributed by atoms with van der Waals surface area (Å²) in [6.45, 7) is 2.87. The van der Waals surface area contributed by atoms with Gasteiger partial charge < -0.3 is 9.88 Å². The van der Waals surface area contributed by atoms with E-state index in [2.05, 4.69) is 16.9 Å². The zero-order valence-electron chi connectivity index (χ0n) is 12.2. The minimum Gasteiger partial charge on any atom is -0.339 e. The largest absolute Gasteiger partial charge is 0.339 e. The van der Waals surface area contributed by atoms with Crippen LogP contribution < -0.4 is 0 Å². The van der Waals surface area contributed by atoms with Gasteiger partial charge in [0.25, 0.3) is 0 Å². The van der Waals surface area contributed by atoms with E-state index in [1.165, 1.54) is 18.2 Å². The van der Waals surface area contributed by atoms with Crippen molar-refractivity contribution in [2.45, 2.75) is 37.4 Å². The molecule has 3 rings (SSSR count). The third-order valence-corrected chi connectivity index (χ3v) is 4.82. The van der Waals surface area contributed by atoms with Gasteiger partial charge in [0, 0.05) is 24.7 Å². The third kappa shape index (κ3) is 3.09. The monoisotopic (exact) mass is 325 g/mol. The molecule has 1 fully saturated rings. The molecular weight excluding hydrogens is 308 g/mol. The number of thioether (sulfide) groups is 1. The van der Waals surface area contributed by atoms with Crippen LogP contribution in [0.15, 0.2) is 17.3 Å². The van der Waals surface area contributed by atoms with Gasteiger partial charge in [0.05, 0.1) is 16.8 Å². The number of halogens is 2. The number of carbonyl (C=O) groups is 1. The van der Waals surface area contributed by atoms with E-state index in [1.54, 1.807) is 0 Å².